The molecule has 0 aliphatic heterocycles. The zero-order chi connectivity index (χ0) is 12.3. The zero-order valence-electron chi connectivity index (χ0n) is 9.43. The number of ketones is 1. The van der Waals surface area contributed by atoms with Gasteiger partial charge in [0.05, 0.1) is 4.90 Å². The van der Waals surface area contributed by atoms with Gasteiger partial charge >= 0.3 is 0 Å². The van der Waals surface area contributed by atoms with Crippen molar-refractivity contribution in [2.45, 2.75) is 24.2 Å². The van der Waals surface area contributed by atoms with Crippen molar-refractivity contribution in [3.63, 3.8) is 0 Å². The fraction of sp³-hybridized carbons (Fsp3) is 0.364. The highest BCUT2D eigenvalue weighted by atomic mass is 32.2. The minimum atomic E-state index is -3.74. The molecule has 0 bridgehead atoms. The monoisotopic (exact) mass is 242 g/mol. The molecule has 4 nitrogen and oxygen atoms in total. The van der Waals surface area contributed by atoms with E-state index < -0.39 is 21.1 Å². The third kappa shape index (κ3) is 2.48. The van der Waals surface area contributed by atoms with E-state index in [1.165, 1.54) is 26.2 Å². The Morgan fingerprint density at radius 2 is 1.75 bits per heavy atom. The van der Waals surface area contributed by atoms with Crippen LogP contribution in [0.4, 0.5) is 0 Å². The van der Waals surface area contributed by atoms with E-state index in [0.29, 0.717) is 0 Å². The van der Waals surface area contributed by atoms with Gasteiger partial charge < -0.3 is 4.74 Å². The van der Waals surface area contributed by atoms with E-state index in [-0.39, 0.29) is 4.90 Å². The first-order valence-corrected chi connectivity index (χ1v) is 6.28. The molecule has 88 valence electrons. The van der Waals surface area contributed by atoms with Crippen molar-refractivity contribution in [3.8, 4) is 0 Å². The minimum Gasteiger partial charge on any atom is -0.358 e. The van der Waals surface area contributed by atoms with Crippen LogP contribution in [0.2, 0.25) is 0 Å². The van der Waals surface area contributed by atoms with Crippen molar-refractivity contribution >= 4 is 15.6 Å². The Morgan fingerprint density at radius 3 is 2.12 bits per heavy atom. The van der Waals surface area contributed by atoms with Crippen LogP contribution in [-0.2, 0) is 19.4 Å². The molecule has 0 fully saturated rings. The summed E-state index contributed by atoms with van der Waals surface area (Å²) in [5.74, 6) is -0.525. The molecule has 0 aliphatic rings. The molecule has 1 unspecified atom stereocenters. The predicted molar refractivity (Wildman–Crippen MR) is 59.8 cm³/mol. The van der Waals surface area contributed by atoms with Gasteiger partial charge in [-0.1, -0.05) is 17.7 Å². The molecule has 0 saturated carbocycles. The number of hydrogen-bond donors (Lipinski definition) is 0. The van der Waals surface area contributed by atoms with E-state index in [1.54, 1.807) is 12.1 Å². The molecule has 1 aromatic carbocycles. The van der Waals surface area contributed by atoms with Gasteiger partial charge in [-0.2, -0.15) is 0 Å². The Bertz CT molecular complexity index is 473. The molecule has 0 aliphatic carbocycles. The minimum absolute atomic E-state index is 0.0974. The van der Waals surface area contributed by atoms with Crippen LogP contribution in [0.3, 0.4) is 0 Å². The van der Waals surface area contributed by atoms with Crippen LogP contribution >= 0.6 is 0 Å². The maximum atomic E-state index is 12.0. The fourth-order valence-corrected chi connectivity index (χ4v) is 2.82. The zero-order valence-corrected chi connectivity index (χ0v) is 10.2. The number of ether oxygens (including phenoxy) is 1. The Hall–Kier alpha value is -1.20. The van der Waals surface area contributed by atoms with E-state index >= 15 is 0 Å². The third-order valence-corrected chi connectivity index (χ3v) is 4.19. The van der Waals surface area contributed by atoms with Gasteiger partial charge in [-0.25, -0.2) is 8.42 Å². The third-order valence-electron chi connectivity index (χ3n) is 2.18. The highest BCUT2D eigenvalue weighted by Gasteiger charge is 2.31. The molecule has 1 atom stereocenters. The highest BCUT2D eigenvalue weighted by molar-refractivity contribution is 7.92. The number of rotatable bonds is 4. The molecule has 1 rings (SSSR count). The van der Waals surface area contributed by atoms with E-state index in [1.807, 2.05) is 6.92 Å². The standard InChI is InChI=1S/C11H14O4S/c1-8-4-6-10(7-5-8)16(13,14)11(15-3)9(2)12/h4-7,11H,1-3H3. The van der Waals surface area contributed by atoms with Crippen molar-refractivity contribution in [3.05, 3.63) is 29.8 Å². The highest BCUT2D eigenvalue weighted by Crippen LogP contribution is 2.17. The van der Waals surface area contributed by atoms with Crippen LogP contribution in [-0.4, -0.2) is 26.7 Å². The molecule has 0 heterocycles. The lowest BCUT2D eigenvalue weighted by Gasteiger charge is -2.13. The lowest BCUT2D eigenvalue weighted by atomic mass is 10.2. The summed E-state index contributed by atoms with van der Waals surface area (Å²) >= 11 is 0. The summed E-state index contributed by atoms with van der Waals surface area (Å²) in [5.41, 5.74) is -0.467. The second-order valence-electron chi connectivity index (χ2n) is 3.54. The lowest BCUT2D eigenvalue weighted by molar-refractivity contribution is -0.122. The maximum Gasteiger partial charge on any atom is 0.220 e. The molecule has 16 heavy (non-hydrogen) atoms. The first-order chi connectivity index (χ1) is 7.39. The van der Waals surface area contributed by atoms with Crippen LogP contribution < -0.4 is 0 Å². The van der Waals surface area contributed by atoms with Gasteiger partial charge in [-0.05, 0) is 26.0 Å². The van der Waals surface area contributed by atoms with E-state index in [9.17, 15) is 13.2 Å². The smallest absolute Gasteiger partial charge is 0.220 e. The van der Waals surface area contributed by atoms with Crippen LogP contribution in [0.25, 0.3) is 0 Å². The van der Waals surface area contributed by atoms with E-state index in [0.717, 1.165) is 5.56 Å². The SMILES string of the molecule is COC(C(C)=O)S(=O)(=O)c1ccc(C)cc1. The average Bonchev–Trinajstić information content (AvgIpc) is 2.18. The Morgan fingerprint density at radius 1 is 1.25 bits per heavy atom. The second-order valence-corrected chi connectivity index (χ2v) is 5.53. The van der Waals surface area contributed by atoms with Gasteiger partial charge in [0.2, 0.25) is 15.3 Å². The fourth-order valence-electron chi connectivity index (χ4n) is 1.36. The molecule has 0 spiro atoms. The summed E-state index contributed by atoms with van der Waals surface area (Å²) < 4.78 is 28.7. The van der Waals surface area contributed by atoms with Crippen molar-refractivity contribution in [2.24, 2.45) is 0 Å². The van der Waals surface area contributed by atoms with Crippen molar-refractivity contribution < 1.29 is 17.9 Å². The number of aryl methyl sites for hydroxylation is 1. The Labute approximate surface area is 95.2 Å². The van der Waals surface area contributed by atoms with Gasteiger partial charge in [0.1, 0.15) is 0 Å². The number of carbonyl (C=O) groups is 1. The molecular formula is C11H14O4S. The Balaban J connectivity index is 3.20. The number of carbonyl (C=O) groups excluding carboxylic acids is 1. The molecule has 1 aromatic rings. The predicted octanol–water partition coefficient (Wildman–Crippen LogP) is 1.33. The number of benzene rings is 1. The van der Waals surface area contributed by atoms with Crippen molar-refractivity contribution in [2.75, 3.05) is 7.11 Å². The van der Waals surface area contributed by atoms with Crippen molar-refractivity contribution in [1.82, 2.24) is 0 Å². The maximum absolute atomic E-state index is 12.0. The molecular weight excluding hydrogens is 228 g/mol. The van der Waals surface area contributed by atoms with Gasteiger partial charge in [-0.15, -0.1) is 0 Å². The summed E-state index contributed by atoms with van der Waals surface area (Å²) in [6.45, 7) is 3.05. The van der Waals surface area contributed by atoms with E-state index in [2.05, 4.69) is 0 Å². The molecule has 0 N–H and O–H groups in total. The topological polar surface area (TPSA) is 60.4 Å². The van der Waals surface area contributed by atoms with Crippen LogP contribution in [0.5, 0.6) is 0 Å². The number of Topliss-reactive ketones (excluding diaryl/α,β-unsaturated/α-hetero) is 1. The Kier molecular flexibility index (Phi) is 3.83. The summed E-state index contributed by atoms with van der Waals surface area (Å²) in [5, 5.41) is 0. The van der Waals surface area contributed by atoms with Crippen LogP contribution in [0.15, 0.2) is 29.2 Å². The van der Waals surface area contributed by atoms with Gasteiger partial charge in [-0.3, -0.25) is 4.79 Å². The molecule has 0 radical (unpaired) electrons. The summed E-state index contributed by atoms with van der Waals surface area (Å²) in [7, 11) is -2.53. The van der Waals surface area contributed by atoms with Gasteiger partial charge in [0.15, 0.2) is 5.78 Å². The van der Waals surface area contributed by atoms with Crippen LogP contribution in [0, 0.1) is 6.92 Å². The van der Waals surface area contributed by atoms with Gasteiger partial charge in [0, 0.05) is 7.11 Å². The normalized spacial score (nSPS) is 13.4. The van der Waals surface area contributed by atoms with Crippen LogP contribution in [0.1, 0.15) is 12.5 Å². The number of hydrogen-bond acceptors (Lipinski definition) is 4. The first kappa shape index (κ1) is 12.9. The van der Waals surface area contributed by atoms with E-state index in [4.69, 9.17) is 4.74 Å². The summed E-state index contributed by atoms with van der Waals surface area (Å²) in [6, 6.07) is 6.30. The largest absolute Gasteiger partial charge is 0.358 e. The molecule has 5 heteroatoms. The number of sulfone groups is 1. The number of methoxy groups -OCH3 is 1. The molecule has 0 saturated heterocycles. The van der Waals surface area contributed by atoms with Gasteiger partial charge in [0.25, 0.3) is 0 Å². The summed E-state index contributed by atoms with van der Waals surface area (Å²) in [6.07, 6.45) is 0. The summed E-state index contributed by atoms with van der Waals surface area (Å²) in [4.78, 5) is 11.3. The second kappa shape index (κ2) is 4.76. The first-order valence-electron chi connectivity index (χ1n) is 4.73. The average molecular weight is 242 g/mol. The molecule has 0 aromatic heterocycles. The quantitative estimate of drug-likeness (QED) is 0.799. The lowest BCUT2D eigenvalue weighted by Crippen LogP contribution is -2.30. The van der Waals surface area contributed by atoms with Crippen molar-refractivity contribution in [1.29, 1.82) is 0 Å². The molecule has 0 amide bonds.